The summed E-state index contributed by atoms with van der Waals surface area (Å²) in [5.74, 6) is 0.734. The molecule has 7 heteroatoms. The number of halogens is 2. The SMILES string of the molecule is Cc1c(-c2cccc(F)c2)nc(Br)c2nc([C@H]3C[C@@H]3C(C)(C)O)nn12. The van der Waals surface area contributed by atoms with Crippen molar-refractivity contribution in [1.82, 2.24) is 19.6 Å². The Morgan fingerprint density at radius 2 is 2.08 bits per heavy atom. The standard InChI is InChI=1S/C18H18BrFN4O/c1-9-14(10-5-4-6-11(20)7-10)21-15(19)17-22-16(23-24(9)17)12-8-13(12)18(2,3)25/h4-7,12-13,25H,8H2,1-3H3/t12-,13-/m0/s1. The molecule has 4 rings (SSSR count). The molecule has 3 aromatic rings. The van der Waals surface area contributed by atoms with Crippen LogP contribution in [0.3, 0.4) is 0 Å². The van der Waals surface area contributed by atoms with Gasteiger partial charge in [-0.05, 0) is 61.2 Å². The molecule has 0 amide bonds. The molecule has 25 heavy (non-hydrogen) atoms. The van der Waals surface area contributed by atoms with Crippen molar-refractivity contribution < 1.29 is 9.50 Å². The second-order valence-corrected chi connectivity index (χ2v) is 7.91. The van der Waals surface area contributed by atoms with E-state index < -0.39 is 5.60 Å². The Morgan fingerprint density at radius 1 is 1.32 bits per heavy atom. The second-order valence-electron chi connectivity index (χ2n) is 7.15. The molecule has 5 nitrogen and oxygen atoms in total. The lowest BCUT2D eigenvalue weighted by Gasteiger charge is -2.15. The lowest BCUT2D eigenvalue weighted by atomic mass is 10.0. The van der Waals surface area contributed by atoms with Gasteiger partial charge in [0.25, 0.3) is 0 Å². The van der Waals surface area contributed by atoms with Crippen LogP contribution in [0.2, 0.25) is 0 Å². The minimum atomic E-state index is -0.737. The van der Waals surface area contributed by atoms with E-state index in [1.165, 1.54) is 12.1 Å². The van der Waals surface area contributed by atoms with Crippen molar-refractivity contribution in [3.63, 3.8) is 0 Å². The summed E-state index contributed by atoms with van der Waals surface area (Å²) in [4.78, 5) is 9.16. The van der Waals surface area contributed by atoms with Gasteiger partial charge in [-0.3, -0.25) is 0 Å². The van der Waals surface area contributed by atoms with E-state index in [-0.39, 0.29) is 17.7 Å². The minimum absolute atomic E-state index is 0.156. The van der Waals surface area contributed by atoms with Gasteiger partial charge in [-0.1, -0.05) is 12.1 Å². The summed E-state index contributed by atoms with van der Waals surface area (Å²) in [5.41, 5.74) is 2.04. The third-order valence-electron chi connectivity index (χ3n) is 4.81. The van der Waals surface area contributed by atoms with Gasteiger partial charge in [0.15, 0.2) is 16.1 Å². The average molecular weight is 405 g/mol. The van der Waals surface area contributed by atoms with Crippen LogP contribution >= 0.6 is 15.9 Å². The Hall–Kier alpha value is -1.86. The Balaban J connectivity index is 1.81. The summed E-state index contributed by atoms with van der Waals surface area (Å²) in [5, 5.41) is 14.8. The molecule has 130 valence electrons. The maximum Gasteiger partial charge on any atom is 0.188 e. The monoisotopic (exact) mass is 404 g/mol. The molecule has 0 spiro atoms. The maximum absolute atomic E-state index is 13.6. The Kier molecular flexibility index (Phi) is 3.70. The number of aliphatic hydroxyl groups is 1. The molecule has 2 heterocycles. The fraction of sp³-hybridized carbons (Fsp3) is 0.389. The summed E-state index contributed by atoms with van der Waals surface area (Å²) < 4.78 is 15.9. The van der Waals surface area contributed by atoms with E-state index in [1.807, 2.05) is 26.8 Å². The molecule has 0 radical (unpaired) electrons. The van der Waals surface area contributed by atoms with Crippen molar-refractivity contribution >= 4 is 21.6 Å². The highest BCUT2D eigenvalue weighted by atomic mass is 79.9. The molecule has 1 saturated carbocycles. The molecular weight excluding hydrogens is 387 g/mol. The van der Waals surface area contributed by atoms with Crippen molar-refractivity contribution in [3.05, 3.63) is 46.2 Å². The van der Waals surface area contributed by atoms with Gasteiger partial charge in [-0.25, -0.2) is 18.9 Å². The fourth-order valence-corrected chi connectivity index (χ4v) is 3.79. The second kappa shape index (κ2) is 5.57. The minimum Gasteiger partial charge on any atom is -0.390 e. The Labute approximate surface area is 153 Å². The molecule has 1 fully saturated rings. The molecule has 1 aliphatic carbocycles. The quantitative estimate of drug-likeness (QED) is 0.719. The third-order valence-corrected chi connectivity index (χ3v) is 5.34. The van der Waals surface area contributed by atoms with Gasteiger partial charge in [0.1, 0.15) is 5.82 Å². The number of nitrogens with zero attached hydrogens (tertiary/aromatic N) is 4. The molecule has 2 atom stereocenters. The molecule has 1 aliphatic rings. The van der Waals surface area contributed by atoms with Crippen LogP contribution in [0.5, 0.6) is 0 Å². The highest BCUT2D eigenvalue weighted by Crippen LogP contribution is 2.52. The summed E-state index contributed by atoms with van der Waals surface area (Å²) in [6.07, 6.45) is 0.876. The van der Waals surface area contributed by atoms with E-state index in [4.69, 9.17) is 0 Å². The van der Waals surface area contributed by atoms with Crippen molar-refractivity contribution in [2.45, 2.75) is 38.7 Å². The number of hydrogen-bond donors (Lipinski definition) is 1. The first kappa shape index (κ1) is 16.6. The number of rotatable bonds is 3. The molecule has 0 unspecified atom stereocenters. The number of hydrogen-bond acceptors (Lipinski definition) is 4. The fourth-order valence-electron chi connectivity index (χ4n) is 3.35. The molecular formula is C18H18BrFN4O. The summed E-state index contributed by atoms with van der Waals surface area (Å²) >= 11 is 3.46. The van der Waals surface area contributed by atoms with E-state index >= 15 is 0 Å². The van der Waals surface area contributed by atoms with Gasteiger partial charge in [-0.2, -0.15) is 5.10 Å². The van der Waals surface area contributed by atoms with Crippen molar-refractivity contribution in [1.29, 1.82) is 0 Å². The molecule has 2 aromatic heterocycles. The first-order valence-electron chi connectivity index (χ1n) is 8.17. The van der Waals surface area contributed by atoms with Crippen LogP contribution in [-0.4, -0.2) is 30.3 Å². The predicted octanol–water partition coefficient (Wildman–Crippen LogP) is 3.88. The van der Waals surface area contributed by atoms with Crippen LogP contribution in [0.4, 0.5) is 4.39 Å². The van der Waals surface area contributed by atoms with Gasteiger partial charge in [0.05, 0.1) is 17.0 Å². The number of aryl methyl sites for hydroxylation is 1. The van der Waals surface area contributed by atoms with E-state index in [0.29, 0.717) is 27.3 Å². The van der Waals surface area contributed by atoms with Crippen LogP contribution in [0.1, 0.15) is 37.7 Å². The summed E-state index contributed by atoms with van der Waals surface area (Å²) in [7, 11) is 0. The molecule has 0 bridgehead atoms. The largest absolute Gasteiger partial charge is 0.390 e. The van der Waals surface area contributed by atoms with Crippen LogP contribution < -0.4 is 0 Å². The third kappa shape index (κ3) is 2.85. The molecule has 0 aliphatic heterocycles. The normalized spacial score (nSPS) is 20.2. The molecule has 1 aromatic carbocycles. The van der Waals surface area contributed by atoms with E-state index in [0.717, 1.165) is 12.1 Å². The van der Waals surface area contributed by atoms with Crippen LogP contribution in [-0.2, 0) is 0 Å². The van der Waals surface area contributed by atoms with Gasteiger partial charge in [0, 0.05) is 11.5 Å². The molecule has 1 N–H and O–H groups in total. The smallest absolute Gasteiger partial charge is 0.188 e. The van der Waals surface area contributed by atoms with E-state index in [9.17, 15) is 9.50 Å². The first-order chi connectivity index (χ1) is 11.8. The lowest BCUT2D eigenvalue weighted by molar-refractivity contribution is 0.0543. The number of benzene rings is 1. The summed E-state index contributed by atoms with van der Waals surface area (Å²) in [6, 6.07) is 6.34. The van der Waals surface area contributed by atoms with Crippen LogP contribution in [0.25, 0.3) is 16.9 Å². The van der Waals surface area contributed by atoms with Crippen molar-refractivity contribution in [3.8, 4) is 11.3 Å². The van der Waals surface area contributed by atoms with Gasteiger partial charge in [0.2, 0.25) is 0 Å². The zero-order valence-electron chi connectivity index (χ0n) is 14.2. The van der Waals surface area contributed by atoms with Crippen molar-refractivity contribution in [2.24, 2.45) is 5.92 Å². The lowest BCUT2D eigenvalue weighted by Crippen LogP contribution is -2.22. The Morgan fingerprint density at radius 3 is 2.72 bits per heavy atom. The average Bonchev–Trinajstić information content (AvgIpc) is 3.23. The maximum atomic E-state index is 13.6. The summed E-state index contributed by atoms with van der Waals surface area (Å²) in [6.45, 7) is 5.53. The first-order valence-corrected chi connectivity index (χ1v) is 8.96. The number of aromatic nitrogens is 4. The molecule has 0 saturated heterocycles. The van der Waals surface area contributed by atoms with Gasteiger partial charge >= 0.3 is 0 Å². The topological polar surface area (TPSA) is 63.3 Å². The zero-order valence-corrected chi connectivity index (χ0v) is 15.7. The predicted molar refractivity (Wildman–Crippen MR) is 95.8 cm³/mol. The van der Waals surface area contributed by atoms with E-state index in [1.54, 1.807) is 10.6 Å². The van der Waals surface area contributed by atoms with Crippen molar-refractivity contribution in [2.75, 3.05) is 0 Å². The highest BCUT2D eigenvalue weighted by molar-refractivity contribution is 9.10. The highest BCUT2D eigenvalue weighted by Gasteiger charge is 2.49. The van der Waals surface area contributed by atoms with Crippen LogP contribution in [0.15, 0.2) is 28.9 Å². The van der Waals surface area contributed by atoms with Crippen LogP contribution in [0, 0.1) is 18.7 Å². The van der Waals surface area contributed by atoms with Gasteiger partial charge < -0.3 is 5.11 Å². The number of fused-ring (bicyclic) bond motifs is 1. The van der Waals surface area contributed by atoms with E-state index in [2.05, 4.69) is 31.0 Å². The van der Waals surface area contributed by atoms with Gasteiger partial charge in [-0.15, -0.1) is 0 Å². The Bertz CT molecular complexity index is 979. The zero-order chi connectivity index (χ0) is 17.9.